The molecule has 0 saturated heterocycles. The highest BCUT2D eigenvalue weighted by molar-refractivity contribution is 7.15. The molecule has 2 aromatic rings. The zero-order valence-electron chi connectivity index (χ0n) is 10.8. The zero-order chi connectivity index (χ0) is 13.1. The molecule has 0 spiro atoms. The van der Waals surface area contributed by atoms with E-state index in [1.165, 1.54) is 42.6 Å². The van der Waals surface area contributed by atoms with Crippen molar-refractivity contribution in [2.45, 2.75) is 32.1 Å². The van der Waals surface area contributed by atoms with E-state index in [4.69, 9.17) is 0 Å². The second-order valence-corrected chi connectivity index (χ2v) is 5.71. The molecular weight excluding hydrogens is 258 g/mol. The van der Waals surface area contributed by atoms with Gasteiger partial charge in [-0.05, 0) is 32.1 Å². The Morgan fingerprint density at radius 1 is 1.47 bits per heavy atom. The van der Waals surface area contributed by atoms with Crippen LogP contribution in [0.3, 0.4) is 0 Å². The van der Waals surface area contributed by atoms with Crippen LogP contribution in [0, 0.1) is 0 Å². The minimum absolute atomic E-state index is 0.0766. The van der Waals surface area contributed by atoms with Crippen LogP contribution in [0.25, 0.3) is 4.96 Å². The molecule has 19 heavy (non-hydrogen) atoms. The Morgan fingerprint density at radius 3 is 3.21 bits per heavy atom. The molecule has 1 N–H and O–H groups in total. The van der Waals surface area contributed by atoms with Gasteiger partial charge in [-0.25, -0.2) is 4.98 Å². The lowest BCUT2D eigenvalue weighted by Crippen LogP contribution is -2.25. The van der Waals surface area contributed by atoms with E-state index in [2.05, 4.69) is 16.4 Å². The maximum Gasteiger partial charge on any atom is 0.271 e. The van der Waals surface area contributed by atoms with Crippen molar-refractivity contribution in [3.05, 3.63) is 35.1 Å². The molecule has 1 amide bonds. The lowest BCUT2D eigenvalue weighted by molar-refractivity contribution is 0.0949. The molecular formula is C14H17N3OS. The van der Waals surface area contributed by atoms with Gasteiger partial charge in [-0.15, -0.1) is 11.3 Å². The summed E-state index contributed by atoms with van der Waals surface area (Å²) in [4.78, 5) is 17.1. The van der Waals surface area contributed by atoms with Crippen LogP contribution in [-0.2, 0) is 0 Å². The van der Waals surface area contributed by atoms with Crippen molar-refractivity contribution in [2.24, 2.45) is 0 Å². The van der Waals surface area contributed by atoms with Gasteiger partial charge in [0.1, 0.15) is 5.69 Å². The van der Waals surface area contributed by atoms with E-state index in [-0.39, 0.29) is 5.91 Å². The molecule has 2 aromatic heterocycles. The quantitative estimate of drug-likeness (QED) is 0.872. The molecule has 0 saturated carbocycles. The van der Waals surface area contributed by atoms with Crippen molar-refractivity contribution in [1.29, 1.82) is 0 Å². The van der Waals surface area contributed by atoms with E-state index < -0.39 is 0 Å². The summed E-state index contributed by atoms with van der Waals surface area (Å²) in [5, 5.41) is 4.90. The number of aromatic nitrogens is 2. The highest BCUT2D eigenvalue weighted by atomic mass is 32.1. The average molecular weight is 275 g/mol. The summed E-state index contributed by atoms with van der Waals surface area (Å²) in [5.74, 6) is -0.0766. The van der Waals surface area contributed by atoms with E-state index in [1.54, 1.807) is 6.20 Å². The number of carbonyl (C=O) groups is 1. The molecule has 0 unspecified atom stereocenters. The van der Waals surface area contributed by atoms with Gasteiger partial charge in [0.05, 0.1) is 0 Å². The van der Waals surface area contributed by atoms with Gasteiger partial charge in [-0.1, -0.05) is 11.6 Å². The molecule has 0 fully saturated rings. The molecule has 0 aliphatic heterocycles. The minimum Gasteiger partial charge on any atom is -0.350 e. The van der Waals surface area contributed by atoms with Gasteiger partial charge in [-0.3, -0.25) is 9.20 Å². The fourth-order valence-corrected chi connectivity index (χ4v) is 3.10. The monoisotopic (exact) mass is 275 g/mol. The summed E-state index contributed by atoms with van der Waals surface area (Å²) in [6.07, 6.45) is 12.0. The lowest BCUT2D eigenvalue weighted by atomic mass is 9.97. The van der Waals surface area contributed by atoms with E-state index in [9.17, 15) is 4.79 Å². The van der Waals surface area contributed by atoms with Gasteiger partial charge in [0.2, 0.25) is 0 Å². The van der Waals surface area contributed by atoms with E-state index >= 15 is 0 Å². The van der Waals surface area contributed by atoms with Crippen LogP contribution < -0.4 is 5.32 Å². The highest BCUT2D eigenvalue weighted by Gasteiger charge is 2.11. The predicted octanol–water partition coefficient (Wildman–Crippen LogP) is 3.02. The number of carbonyl (C=O) groups excluding carboxylic acids is 1. The second-order valence-electron chi connectivity index (χ2n) is 4.83. The maximum atomic E-state index is 12.0. The molecule has 0 atom stereocenters. The molecule has 0 radical (unpaired) electrons. The fourth-order valence-electron chi connectivity index (χ4n) is 2.40. The standard InChI is InChI=1S/C14H17N3OS/c18-13(12-10-17-8-9-19-14(17)16-12)15-7-6-11-4-2-1-3-5-11/h4,8-10H,1-3,5-7H2,(H,15,18). The zero-order valence-corrected chi connectivity index (χ0v) is 11.6. The van der Waals surface area contributed by atoms with Crippen molar-refractivity contribution in [3.8, 4) is 0 Å². The molecule has 0 bridgehead atoms. The third-order valence-corrected chi connectivity index (χ3v) is 4.21. The summed E-state index contributed by atoms with van der Waals surface area (Å²) in [7, 11) is 0. The van der Waals surface area contributed by atoms with Crippen LogP contribution in [0.5, 0.6) is 0 Å². The van der Waals surface area contributed by atoms with E-state index in [0.29, 0.717) is 12.2 Å². The summed E-state index contributed by atoms with van der Waals surface area (Å²) < 4.78 is 1.88. The van der Waals surface area contributed by atoms with Gasteiger partial charge in [0.25, 0.3) is 5.91 Å². The number of thiazole rings is 1. The minimum atomic E-state index is -0.0766. The largest absolute Gasteiger partial charge is 0.350 e. The number of nitrogens with one attached hydrogen (secondary N) is 1. The normalized spacial score (nSPS) is 15.5. The van der Waals surface area contributed by atoms with Gasteiger partial charge in [-0.2, -0.15) is 0 Å². The SMILES string of the molecule is O=C(NCCC1=CCCCC1)c1cn2ccsc2n1. The Balaban J connectivity index is 1.53. The number of fused-ring (bicyclic) bond motifs is 1. The van der Waals surface area contributed by atoms with Crippen LogP contribution in [0.4, 0.5) is 0 Å². The first-order valence-corrected chi connectivity index (χ1v) is 7.59. The third kappa shape index (κ3) is 2.87. The number of allylic oxidation sites excluding steroid dienone is 1. The lowest BCUT2D eigenvalue weighted by Gasteiger charge is -2.12. The maximum absolute atomic E-state index is 12.0. The first kappa shape index (κ1) is 12.4. The first-order valence-electron chi connectivity index (χ1n) is 6.71. The Kier molecular flexibility index (Phi) is 3.64. The van der Waals surface area contributed by atoms with Gasteiger partial charge in [0.15, 0.2) is 4.96 Å². The molecule has 100 valence electrons. The summed E-state index contributed by atoms with van der Waals surface area (Å²) >= 11 is 1.53. The smallest absolute Gasteiger partial charge is 0.271 e. The number of rotatable bonds is 4. The van der Waals surface area contributed by atoms with Crippen molar-refractivity contribution in [1.82, 2.24) is 14.7 Å². The number of nitrogens with zero attached hydrogens (tertiary/aromatic N) is 2. The van der Waals surface area contributed by atoms with Crippen molar-refractivity contribution >= 4 is 22.2 Å². The van der Waals surface area contributed by atoms with Crippen LogP contribution in [0.15, 0.2) is 29.4 Å². The Hall–Kier alpha value is -1.62. The van der Waals surface area contributed by atoms with Gasteiger partial charge < -0.3 is 5.32 Å². The Morgan fingerprint density at radius 2 is 2.42 bits per heavy atom. The Labute approximate surface area is 116 Å². The molecule has 4 nitrogen and oxygen atoms in total. The number of imidazole rings is 1. The summed E-state index contributed by atoms with van der Waals surface area (Å²) in [6, 6.07) is 0. The van der Waals surface area contributed by atoms with E-state index in [0.717, 1.165) is 11.4 Å². The molecule has 5 heteroatoms. The van der Waals surface area contributed by atoms with Crippen molar-refractivity contribution in [3.63, 3.8) is 0 Å². The number of hydrogen-bond donors (Lipinski definition) is 1. The second kappa shape index (κ2) is 5.57. The highest BCUT2D eigenvalue weighted by Crippen LogP contribution is 2.19. The van der Waals surface area contributed by atoms with Crippen molar-refractivity contribution < 1.29 is 4.79 Å². The molecule has 1 aliphatic carbocycles. The van der Waals surface area contributed by atoms with Gasteiger partial charge in [0, 0.05) is 24.3 Å². The summed E-state index contributed by atoms with van der Waals surface area (Å²) in [5.41, 5.74) is 1.99. The number of hydrogen-bond acceptors (Lipinski definition) is 3. The van der Waals surface area contributed by atoms with Crippen molar-refractivity contribution in [2.75, 3.05) is 6.54 Å². The molecule has 0 aromatic carbocycles. The number of amides is 1. The molecule has 1 aliphatic rings. The molecule has 3 rings (SSSR count). The van der Waals surface area contributed by atoms with Crippen LogP contribution in [0.2, 0.25) is 0 Å². The van der Waals surface area contributed by atoms with Crippen LogP contribution in [0.1, 0.15) is 42.6 Å². The molecule has 2 heterocycles. The topological polar surface area (TPSA) is 46.4 Å². The average Bonchev–Trinajstić information content (AvgIpc) is 3.00. The van der Waals surface area contributed by atoms with Gasteiger partial charge >= 0.3 is 0 Å². The predicted molar refractivity (Wildman–Crippen MR) is 76.6 cm³/mol. The fraction of sp³-hybridized carbons (Fsp3) is 0.429. The Bertz CT molecular complexity index is 583. The van der Waals surface area contributed by atoms with E-state index in [1.807, 2.05) is 16.0 Å². The third-order valence-electron chi connectivity index (χ3n) is 3.44. The summed E-state index contributed by atoms with van der Waals surface area (Å²) in [6.45, 7) is 0.704. The van der Waals surface area contributed by atoms with Crippen LogP contribution >= 0.6 is 11.3 Å². The first-order chi connectivity index (χ1) is 9.33. The van der Waals surface area contributed by atoms with Crippen LogP contribution in [-0.4, -0.2) is 21.8 Å².